The normalized spacial score (nSPS) is 21.7. The molecule has 0 radical (unpaired) electrons. The molecule has 1 atom stereocenters. The summed E-state index contributed by atoms with van der Waals surface area (Å²) in [6, 6.07) is 0. The zero-order valence-electron chi connectivity index (χ0n) is 6.88. The van der Waals surface area contributed by atoms with Crippen LogP contribution in [-0.2, 0) is 0 Å². The van der Waals surface area contributed by atoms with Crippen LogP contribution in [0.3, 0.4) is 0 Å². The first-order valence-electron chi connectivity index (χ1n) is 4.11. The molecule has 0 aliphatic carbocycles. The first-order valence-corrected chi connectivity index (χ1v) is 4.11. The van der Waals surface area contributed by atoms with E-state index in [4.69, 9.17) is 0 Å². The molecule has 11 heavy (non-hydrogen) atoms. The second kappa shape index (κ2) is 4.91. The van der Waals surface area contributed by atoms with Gasteiger partial charge in [-0.15, -0.1) is 0 Å². The van der Waals surface area contributed by atoms with Crippen LogP contribution in [0.25, 0.3) is 0 Å². The molecule has 1 aliphatic heterocycles. The van der Waals surface area contributed by atoms with Crippen LogP contribution in [0.1, 0.15) is 19.8 Å². The molecule has 0 fully saturated rings. The van der Waals surface area contributed by atoms with E-state index in [1.165, 1.54) is 12.8 Å². The fourth-order valence-electron chi connectivity index (χ4n) is 0.910. The van der Waals surface area contributed by atoms with Gasteiger partial charge in [-0.3, -0.25) is 10.3 Å². The molecule has 0 aromatic carbocycles. The largest absolute Gasteiger partial charge is 0.353 e. The summed E-state index contributed by atoms with van der Waals surface area (Å²) in [5.74, 6) is 0. The number of nitrogens with zero attached hydrogens (tertiary/aromatic N) is 1. The van der Waals surface area contributed by atoms with Crippen LogP contribution in [0.2, 0.25) is 0 Å². The van der Waals surface area contributed by atoms with Gasteiger partial charge in [0.05, 0.1) is 6.34 Å². The minimum absolute atomic E-state index is 0.183. The molecular formula is C8H15N3. The lowest BCUT2D eigenvalue weighted by atomic mass is 10.3. The van der Waals surface area contributed by atoms with Gasteiger partial charge in [0.25, 0.3) is 0 Å². The summed E-state index contributed by atoms with van der Waals surface area (Å²) in [7, 11) is 0. The van der Waals surface area contributed by atoms with Crippen molar-refractivity contribution in [3.8, 4) is 0 Å². The third-order valence-electron chi connectivity index (χ3n) is 1.57. The number of unbranched alkanes of at least 4 members (excludes halogenated alkanes) is 1. The maximum absolute atomic E-state index is 4.17. The molecule has 1 heterocycles. The summed E-state index contributed by atoms with van der Waals surface area (Å²) in [4.78, 5) is 4.17. The molecule has 0 bridgehead atoms. The lowest BCUT2D eigenvalue weighted by molar-refractivity contribution is 0.582. The Morgan fingerprint density at radius 3 is 3.18 bits per heavy atom. The Morgan fingerprint density at radius 2 is 2.55 bits per heavy atom. The summed E-state index contributed by atoms with van der Waals surface area (Å²) in [5.41, 5.74) is 0. The van der Waals surface area contributed by atoms with E-state index in [9.17, 15) is 0 Å². The Hall–Kier alpha value is -0.830. The van der Waals surface area contributed by atoms with Gasteiger partial charge in [-0.2, -0.15) is 0 Å². The average Bonchev–Trinajstić information content (AvgIpc) is 2.07. The maximum Gasteiger partial charge on any atom is 0.122 e. The molecule has 0 aromatic heterocycles. The summed E-state index contributed by atoms with van der Waals surface area (Å²) in [5, 5.41) is 6.19. The number of nitrogens with one attached hydrogen (secondary N) is 2. The van der Waals surface area contributed by atoms with Crippen molar-refractivity contribution < 1.29 is 0 Å². The van der Waals surface area contributed by atoms with Crippen molar-refractivity contribution in [2.75, 3.05) is 6.54 Å². The minimum atomic E-state index is 0.183. The molecule has 1 unspecified atom stereocenters. The SMILES string of the molecule is CCCCNC1C=CNC=N1. The Labute approximate surface area is 67.6 Å². The lowest BCUT2D eigenvalue weighted by Crippen LogP contribution is -2.29. The third kappa shape index (κ3) is 3.18. The highest BCUT2D eigenvalue weighted by atomic mass is 15.1. The van der Waals surface area contributed by atoms with Gasteiger partial charge in [0, 0.05) is 6.20 Å². The minimum Gasteiger partial charge on any atom is -0.353 e. The van der Waals surface area contributed by atoms with E-state index in [1.54, 1.807) is 6.34 Å². The molecular weight excluding hydrogens is 138 g/mol. The number of hydrogen-bond acceptors (Lipinski definition) is 3. The van der Waals surface area contributed by atoms with Gasteiger partial charge in [-0.1, -0.05) is 13.3 Å². The van der Waals surface area contributed by atoms with Crippen molar-refractivity contribution in [2.24, 2.45) is 4.99 Å². The molecule has 0 saturated carbocycles. The van der Waals surface area contributed by atoms with Crippen molar-refractivity contribution in [1.29, 1.82) is 0 Å². The van der Waals surface area contributed by atoms with Gasteiger partial charge in [0.1, 0.15) is 6.17 Å². The van der Waals surface area contributed by atoms with E-state index in [1.807, 2.05) is 12.3 Å². The summed E-state index contributed by atoms with van der Waals surface area (Å²) in [6.45, 7) is 3.23. The molecule has 0 spiro atoms. The predicted molar refractivity (Wildman–Crippen MR) is 47.5 cm³/mol. The van der Waals surface area contributed by atoms with Crippen molar-refractivity contribution in [2.45, 2.75) is 25.9 Å². The van der Waals surface area contributed by atoms with Gasteiger partial charge in [-0.25, -0.2) is 0 Å². The van der Waals surface area contributed by atoms with Crippen LogP contribution in [0.5, 0.6) is 0 Å². The Balaban J connectivity index is 2.10. The highest BCUT2D eigenvalue weighted by molar-refractivity contribution is 5.57. The molecule has 3 nitrogen and oxygen atoms in total. The lowest BCUT2D eigenvalue weighted by Gasteiger charge is -2.12. The van der Waals surface area contributed by atoms with Gasteiger partial charge < -0.3 is 5.32 Å². The number of hydrogen-bond donors (Lipinski definition) is 2. The van der Waals surface area contributed by atoms with Crippen molar-refractivity contribution in [3.05, 3.63) is 12.3 Å². The van der Waals surface area contributed by atoms with Crippen LogP contribution in [-0.4, -0.2) is 19.0 Å². The van der Waals surface area contributed by atoms with Gasteiger partial charge in [0.15, 0.2) is 0 Å². The maximum atomic E-state index is 4.17. The summed E-state index contributed by atoms with van der Waals surface area (Å²) >= 11 is 0. The third-order valence-corrected chi connectivity index (χ3v) is 1.57. The fourth-order valence-corrected chi connectivity index (χ4v) is 0.910. The standard InChI is InChI=1S/C8H15N3/c1-2-3-5-10-8-4-6-9-7-11-8/h4,6-8,10H,2-3,5H2,1H3,(H,9,11). The molecule has 62 valence electrons. The monoisotopic (exact) mass is 153 g/mol. The van der Waals surface area contributed by atoms with Crippen LogP contribution in [0, 0.1) is 0 Å². The van der Waals surface area contributed by atoms with Gasteiger partial charge in [-0.05, 0) is 19.0 Å². The molecule has 0 saturated heterocycles. The van der Waals surface area contributed by atoms with E-state index in [2.05, 4.69) is 22.5 Å². The average molecular weight is 153 g/mol. The summed E-state index contributed by atoms with van der Waals surface area (Å²) in [6.07, 6.45) is 8.25. The fraction of sp³-hybridized carbons (Fsp3) is 0.625. The van der Waals surface area contributed by atoms with Crippen LogP contribution in [0.4, 0.5) is 0 Å². The second-order valence-corrected chi connectivity index (χ2v) is 2.56. The Kier molecular flexibility index (Phi) is 3.69. The van der Waals surface area contributed by atoms with E-state index in [0.717, 1.165) is 6.54 Å². The molecule has 3 heteroatoms. The molecule has 2 N–H and O–H groups in total. The van der Waals surface area contributed by atoms with Crippen molar-refractivity contribution in [3.63, 3.8) is 0 Å². The number of aliphatic imine (C=N–C) groups is 1. The Bertz CT molecular complexity index is 139. The molecule has 1 rings (SSSR count). The topological polar surface area (TPSA) is 36.4 Å². The van der Waals surface area contributed by atoms with Crippen molar-refractivity contribution in [1.82, 2.24) is 10.6 Å². The van der Waals surface area contributed by atoms with Crippen molar-refractivity contribution >= 4 is 6.34 Å². The summed E-state index contributed by atoms with van der Waals surface area (Å²) < 4.78 is 0. The van der Waals surface area contributed by atoms with Gasteiger partial charge in [0.2, 0.25) is 0 Å². The zero-order valence-corrected chi connectivity index (χ0v) is 6.88. The molecule has 0 aromatic rings. The van der Waals surface area contributed by atoms with E-state index in [0.29, 0.717) is 0 Å². The highest BCUT2D eigenvalue weighted by Crippen LogP contribution is 1.92. The van der Waals surface area contributed by atoms with E-state index in [-0.39, 0.29) is 6.17 Å². The van der Waals surface area contributed by atoms with E-state index < -0.39 is 0 Å². The first-order chi connectivity index (χ1) is 5.43. The predicted octanol–water partition coefficient (Wildman–Crippen LogP) is 0.847. The smallest absolute Gasteiger partial charge is 0.122 e. The number of rotatable bonds is 4. The van der Waals surface area contributed by atoms with Gasteiger partial charge >= 0.3 is 0 Å². The zero-order chi connectivity index (χ0) is 7.94. The Morgan fingerprint density at radius 1 is 1.64 bits per heavy atom. The van der Waals surface area contributed by atoms with Crippen LogP contribution >= 0.6 is 0 Å². The van der Waals surface area contributed by atoms with Crippen LogP contribution in [0.15, 0.2) is 17.3 Å². The quantitative estimate of drug-likeness (QED) is 0.587. The van der Waals surface area contributed by atoms with E-state index >= 15 is 0 Å². The second-order valence-electron chi connectivity index (χ2n) is 2.56. The highest BCUT2D eigenvalue weighted by Gasteiger charge is 2.00. The van der Waals surface area contributed by atoms with Crippen LogP contribution < -0.4 is 10.6 Å². The molecule has 1 aliphatic rings. The molecule has 0 amide bonds. The first kappa shape index (κ1) is 8.27.